The van der Waals surface area contributed by atoms with Crippen molar-refractivity contribution in [2.24, 2.45) is 0 Å². The number of rotatable bonds is 9. The van der Waals surface area contributed by atoms with Crippen molar-refractivity contribution < 1.29 is 56.2 Å². The first-order chi connectivity index (χ1) is 10.2. The third kappa shape index (κ3) is 8.87. The lowest BCUT2D eigenvalue weighted by atomic mass is 10.0. The Morgan fingerprint density at radius 3 is 0.727 bits per heavy atom. The smallest absolute Gasteiger partial charge is 0.111 e. The van der Waals surface area contributed by atoms with E-state index in [4.69, 9.17) is 56.2 Å². The number of hydrogen-bond donors (Lipinski definition) is 11. The Bertz CT molecular complexity index is 230. The largest absolute Gasteiger partial charge is 0.394 e. The zero-order valence-electron chi connectivity index (χ0n) is 11.8. The van der Waals surface area contributed by atoms with Gasteiger partial charge in [-0.15, -0.1) is 0 Å². The molecule has 0 spiro atoms. The topological polar surface area (TPSA) is 223 Å². The van der Waals surface area contributed by atoms with Crippen molar-refractivity contribution in [1.82, 2.24) is 0 Å². The van der Waals surface area contributed by atoms with Gasteiger partial charge in [0.05, 0.1) is 26.4 Å². The molecule has 0 amide bonds. The van der Waals surface area contributed by atoms with Crippen molar-refractivity contribution in [3.63, 3.8) is 0 Å². The molecule has 0 bridgehead atoms. The second kappa shape index (κ2) is 13.0. The molecule has 0 heterocycles. The predicted molar refractivity (Wildman–Crippen MR) is 70.4 cm³/mol. The average Bonchev–Trinajstić information content (AvgIpc) is 2.56. The Morgan fingerprint density at radius 2 is 0.545 bits per heavy atom. The molecule has 0 aliphatic rings. The summed E-state index contributed by atoms with van der Waals surface area (Å²) in [5.74, 6) is 0. The summed E-state index contributed by atoms with van der Waals surface area (Å²) in [7, 11) is 0. The molecule has 0 aliphatic carbocycles. The van der Waals surface area contributed by atoms with E-state index >= 15 is 0 Å². The molecule has 22 heavy (non-hydrogen) atoms. The Labute approximate surface area is 126 Å². The van der Waals surface area contributed by atoms with Crippen LogP contribution in [0.15, 0.2) is 0 Å². The van der Waals surface area contributed by atoms with Crippen molar-refractivity contribution in [3.8, 4) is 0 Å². The molecule has 0 saturated heterocycles. The summed E-state index contributed by atoms with van der Waals surface area (Å²) < 4.78 is 0. The van der Waals surface area contributed by atoms with E-state index in [9.17, 15) is 0 Å². The Morgan fingerprint density at radius 1 is 0.364 bits per heavy atom. The first-order valence-electron chi connectivity index (χ1n) is 6.37. The summed E-state index contributed by atoms with van der Waals surface area (Å²) in [6, 6.07) is 0. The van der Waals surface area contributed by atoms with E-state index in [-0.39, 0.29) is 0 Å². The molecule has 0 radical (unpaired) electrons. The normalized spacial score (nSPS) is 19.6. The van der Waals surface area contributed by atoms with Gasteiger partial charge >= 0.3 is 0 Å². The van der Waals surface area contributed by atoms with E-state index in [2.05, 4.69) is 0 Å². The van der Waals surface area contributed by atoms with Crippen LogP contribution < -0.4 is 0 Å². The van der Waals surface area contributed by atoms with Gasteiger partial charge in [0, 0.05) is 0 Å². The summed E-state index contributed by atoms with van der Waals surface area (Å²) in [4.78, 5) is 0. The highest BCUT2D eigenvalue weighted by atomic mass is 16.4. The number of hydrogen-bond acceptors (Lipinski definition) is 11. The van der Waals surface area contributed by atoms with Gasteiger partial charge in [-0.25, -0.2) is 0 Å². The first-order valence-corrected chi connectivity index (χ1v) is 6.37. The van der Waals surface area contributed by atoms with Crippen molar-refractivity contribution in [1.29, 1.82) is 0 Å². The third-order valence-corrected chi connectivity index (χ3v) is 2.68. The maximum Gasteiger partial charge on any atom is 0.111 e. The summed E-state index contributed by atoms with van der Waals surface area (Å²) >= 11 is 0. The summed E-state index contributed by atoms with van der Waals surface area (Å²) in [5.41, 5.74) is 0. The molecule has 11 N–H and O–H groups in total. The Balaban J connectivity index is 0. The lowest BCUT2D eigenvalue weighted by Gasteiger charge is -2.24. The SMILES string of the molecule is OC[C@@H](O)[C@@H](O)[C@H](O)[C@@H](O)CO.OC[C@H](O)C(O)[C@@H](O)CO. The van der Waals surface area contributed by atoms with Gasteiger partial charge in [0.15, 0.2) is 0 Å². The molecule has 0 fully saturated rings. The van der Waals surface area contributed by atoms with Gasteiger partial charge < -0.3 is 56.2 Å². The summed E-state index contributed by atoms with van der Waals surface area (Å²) in [6.07, 6.45) is -10.7. The zero-order chi connectivity index (χ0) is 17.9. The van der Waals surface area contributed by atoms with Gasteiger partial charge in [0.2, 0.25) is 0 Å². The molecule has 0 unspecified atom stereocenters. The van der Waals surface area contributed by atoms with Crippen molar-refractivity contribution >= 4 is 0 Å². The first kappa shape index (κ1) is 23.8. The van der Waals surface area contributed by atoms with Crippen LogP contribution in [0.2, 0.25) is 0 Å². The van der Waals surface area contributed by atoms with Crippen molar-refractivity contribution in [3.05, 3.63) is 0 Å². The quantitative estimate of drug-likeness (QED) is 0.190. The molecule has 0 aromatic rings. The van der Waals surface area contributed by atoms with E-state index in [1.54, 1.807) is 0 Å². The third-order valence-electron chi connectivity index (χ3n) is 2.68. The van der Waals surface area contributed by atoms with Crippen molar-refractivity contribution in [2.45, 2.75) is 42.7 Å². The second-order valence-electron chi connectivity index (χ2n) is 4.47. The minimum Gasteiger partial charge on any atom is -0.394 e. The van der Waals surface area contributed by atoms with Crippen LogP contribution in [0, 0.1) is 0 Å². The van der Waals surface area contributed by atoms with Crippen LogP contribution in [0.3, 0.4) is 0 Å². The fourth-order valence-corrected chi connectivity index (χ4v) is 1.14. The van der Waals surface area contributed by atoms with Gasteiger partial charge in [0.1, 0.15) is 42.7 Å². The lowest BCUT2D eigenvalue weighted by Crippen LogP contribution is -2.46. The van der Waals surface area contributed by atoms with Gasteiger partial charge in [-0.3, -0.25) is 0 Å². The highest BCUT2D eigenvalue weighted by molar-refractivity contribution is 4.79. The van der Waals surface area contributed by atoms with Gasteiger partial charge in [-0.2, -0.15) is 0 Å². The molecule has 11 nitrogen and oxygen atoms in total. The summed E-state index contributed by atoms with van der Waals surface area (Å²) in [5, 5.41) is 94.8. The lowest BCUT2D eigenvalue weighted by molar-refractivity contribution is -0.123. The molecule has 0 aromatic heterocycles. The minimum absolute atomic E-state index is 0.641. The van der Waals surface area contributed by atoms with Gasteiger partial charge in [-0.05, 0) is 0 Å². The maximum atomic E-state index is 8.96. The van der Waals surface area contributed by atoms with Crippen LogP contribution >= 0.6 is 0 Å². The zero-order valence-corrected chi connectivity index (χ0v) is 11.8. The monoisotopic (exact) mass is 334 g/mol. The molecule has 136 valence electrons. The fourth-order valence-electron chi connectivity index (χ4n) is 1.14. The van der Waals surface area contributed by atoms with E-state index in [0.29, 0.717) is 0 Å². The van der Waals surface area contributed by atoms with Crippen LogP contribution in [0.5, 0.6) is 0 Å². The average molecular weight is 334 g/mol. The Kier molecular flexibility index (Phi) is 14.1. The second-order valence-corrected chi connectivity index (χ2v) is 4.47. The molecule has 0 aliphatic heterocycles. The van der Waals surface area contributed by atoms with Crippen LogP contribution in [-0.2, 0) is 0 Å². The van der Waals surface area contributed by atoms with Crippen LogP contribution in [0.25, 0.3) is 0 Å². The molecule has 6 atom stereocenters. The molecule has 0 saturated carbocycles. The van der Waals surface area contributed by atoms with E-state index in [1.807, 2.05) is 0 Å². The van der Waals surface area contributed by atoms with E-state index in [0.717, 1.165) is 0 Å². The van der Waals surface area contributed by atoms with Gasteiger partial charge in [0.25, 0.3) is 0 Å². The fraction of sp³-hybridized carbons (Fsp3) is 1.00. The van der Waals surface area contributed by atoms with E-state index in [1.165, 1.54) is 0 Å². The minimum atomic E-state index is -1.67. The molecule has 0 aromatic carbocycles. The molecule has 0 rings (SSSR count). The van der Waals surface area contributed by atoms with Crippen molar-refractivity contribution in [2.75, 3.05) is 26.4 Å². The van der Waals surface area contributed by atoms with E-state index < -0.39 is 69.2 Å². The highest BCUT2D eigenvalue weighted by Crippen LogP contribution is 2.04. The number of aliphatic hydroxyl groups excluding tert-OH is 11. The molecular formula is C11H26O11. The maximum absolute atomic E-state index is 8.96. The molecule has 11 heteroatoms. The van der Waals surface area contributed by atoms with Crippen LogP contribution in [0.1, 0.15) is 0 Å². The van der Waals surface area contributed by atoms with Gasteiger partial charge in [-0.1, -0.05) is 0 Å². The standard InChI is InChI=1S/C6H14O6.C5H12O5/c7-1-3(9)5(11)6(12)4(10)2-8;6-1-3(8)5(10)4(9)2-7/h3-12H,1-2H2;3-10H,1-2H2/t3-,4+,5-,6-;3-,4-/m10/s1. The van der Waals surface area contributed by atoms with Crippen LogP contribution in [0.4, 0.5) is 0 Å². The number of aliphatic hydroxyl groups is 11. The summed E-state index contributed by atoms with van der Waals surface area (Å²) in [6.45, 7) is -2.73. The predicted octanol–water partition coefficient (Wildman–Crippen LogP) is -6.53. The highest BCUT2D eigenvalue weighted by Gasteiger charge is 2.29. The molecular weight excluding hydrogens is 308 g/mol. The Hall–Kier alpha value is -0.440. The van der Waals surface area contributed by atoms with Crippen LogP contribution in [-0.4, -0.2) is 125 Å².